The molecular formula is C19H15F3N4O. The van der Waals surface area contributed by atoms with Crippen molar-refractivity contribution >= 4 is 17.2 Å². The van der Waals surface area contributed by atoms with Gasteiger partial charge in [-0.25, -0.2) is 18.2 Å². The molecule has 8 heteroatoms. The normalized spacial score (nSPS) is 18.4. The summed E-state index contributed by atoms with van der Waals surface area (Å²) < 4.78 is 46.3. The summed E-state index contributed by atoms with van der Waals surface area (Å²) in [5.74, 6) is -3.39. The number of anilines is 1. The highest BCUT2D eigenvalue weighted by Gasteiger charge is 2.38. The smallest absolute Gasteiger partial charge is 0.194 e. The van der Waals surface area contributed by atoms with Crippen LogP contribution >= 0.6 is 0 Å². The van der Waals surface area contributed by atoms with Crippen molar-refractivity contribution in [3.63, 3.8) is 0 Å². The van der Waals surface area contributed by atoms with E-state index in [1.807, 2.05) is 0 Å². The standard InChI is InChI=1S/C19H15F3N4O/c20-13-8-11(9-14(21)17(13)22)19(23)18(24-10-12-4-3-7-27-12)25-15-5-1-2-6-16(15)26-19/h1-9,26H,10,23H2,(H,24,25). The first-order valence-corrected chi connectivity index (χ1v) is 8.14. The van der Waals surface area contributed by atoms with Gasteiger partial charge in [-0.3, -0.25) is 5.73 Å². The van der Waals surface area contributed by atoms with E-state index in [0.29, 0.717) is 17.1 Å². The van der Waals surface area contributed by atoms with Crippen LogP contribution in [0.15, 0.2) is 64.2 Å². The Kier molecular flexibility index (Phi) is 4.12. The van der Waals surface area contributed by atoms with Gasteiger partial charge in [-0.1, -0.05) is 12.1 Å². The van der Waals surface area contributed by atoms with Gasteiger partial charge in [0, 0.05) is 5.56 Å². The summed E-state index contributed by atoms with van der Waals surface area (Å²) in [6.45, 7) is 0.251. The van der Waals surface area contributed by atoms with E-state index in [1.54, 1.807) is 36.4 Å². The highest BCUT2D eigenvalue weighted by atomic mass is 19.2. The number of furan rings is 1. The van der Waals surface area contributed by atoms with Crippen molar-refractivity contribution in [2.75, 3.05) is 5.32 Å². The van der Waals surface area contributed by atoms with E-state index in [-0.39, 0.29) is 17.9 Å². The van der Waals surface area contributed by atoms with Crippen molar-refractivity contribution in [1.82, 2.24) is 5.32 Å². The highest BCUT2D eigenvalue weighted by molar-refractivity contribution is 6.00. The maximum atomic E-state index is 13.8. The summed E-state index contributed by atoms with van der Waals surface area (Å²) in [6.07, 6.45) is 1.52. The quantitative estimate of drug-likeness (QED) is 0.612. The van der Waals surface area contributed by atoms with Gasteiger partial charge in [0.15, 0.2) is 23.1 Å². The van der Waals surface area contributed by atoms with Crippen molar-refractivity contribution in [3.05, 3.63) is 83.6 Å². The molecule has 0 aliphatic carbocycles. The molecule has 1 aliphatic heterocycles. The molecule has 0 bridgehead atoms. The van der Waals surface area contributed by atoms with Gasteiger partial charge in [-0.05, 0) is 36.4 Å². The first-order valence-electron chi connectivity index (χ1n) is 8.14. The van der Waals surface area contributed by atoms with Crippen LogP contribution in [0.4, 0.5) is 24.5 Å². The lowest BCUT2D eigenvalue weighted by Crippen LogP contribution is -2.57. The molecule has 1 atom stereocenters. The van der Waals surface area contributed by atoms with Crippen molar-refractivity contribution in [3.8, 4) is 0 Å². The SMILES string of the molecule is NC1(c2cc(F)c(F)c(F)c2)Nc2ccccc2N=C1NCc1ccco1. The largest absolute Gasteiger partial charge is 0.467 e. The fraction of sp³-hybridized carbons (Fsp3) is 0.105. The van der Waals surface area contributed by atoms with Crippen LogP contribution in [0.25, 0.3) is 0 Å². The van der Waals surface area contributed by atoms with E-state index in [2.05, 4.69) is 15.6 Å². The number of aliphatic imine (C=N–C) groups is 1. The Morgan fingerprint density at radius 1 is 1.07 bits per heavy atom. The van der Waals surface area contributed by atoms with Crippen LogP contribution in [0.5, 0.6) is 0 Å². The molecule has 0 radical (unpaired) electrons. The minimum absolute atomic E-state index is 0.0147. The number of nitrogens with zero attached hydrogens (tertiary/aromatic N) is 1. The number of nitrogens with one attached hydrogen (secondary N) is 2. The lowest BCUT2D eigenvalue weighted by Gasteiger charge is -2.37. The van der Waals surface area contributed by atoms with Crippen LogP contribution in [-0.4, -0.2) is 5.84 Å². The molecule has 5 nitrogen and oxygen atoms in total. The zero-order chi connectivity index (χ0) is 19.0. The molecule has 138 valence electrons. The number of hydrogen-bond acceptors (Lipinski definition) is 5. The molecule has 0 amide bonds. The van der Waals surface area contributed by atoms with Gasteiger partial charge < -0.3 is 15.1 Å². The Balaban J connectivity index is 1.78. The third-order valence-corrected chi connectivity index (χ3v) is 4.29. The molecule has 1 aromatic heterocycles. The molecular weight excluding hydrogens is 357 g/mol. The van der Waals surface area contributed by atoms with Crippen LogP contribution in [-0.2, 0) is 12.2 Å². The zero-order valence-corrected chi connectivity index (χ0v) is 14.0. The second kappa shape index (κ2) is 6.48. The molecule has 4 rings (SSSR count). The molecule has 0 spiro atoms. The number of hydrogen-bond donors (Lipinski definition) is 3. The van der Waals surface area contributed by atoms with E-state index >= 15 is 0 Å². The van der Waals surface area contributed by atoms with E-state index in [1.165, 1.54) is 6.26 Å². The second-order valence-electron chi connectivity index (χ2n) is 6.10. The third-order valence-electron chi connectivity index (χ3n) is 4.29. The predicted octanol–water partition coefficient (Wildman–Crippen LogP) is 3.75. The van der Waals surface area contributed by atoms with Gasteiger partial charge >= 0.3 is 0 Å². The van der Waals surface area contributed by atoms with E-state index < -0.39 is 23.1 Å². The highest BCUT2D eigenvalue weighted by Crippen LogP contribution is 2.36. The summed E-state index contributed by atoms with van der Waals surface area (Å²) >= 11 is 0. The first kappa shape index (κ1) is 17.2. The molecule has 0 saturated carbocycles. The lowest BCUT2D eigenvalue weighted by molar-refractivity contribution is 0.441. The Bertz CT molecular complexity index is 997. The Morgan fingerprint density at radius 3 is 2.52 bits per heavy atom. The average Bonchev–Trinajstić information content (AvgIpc) is 3.17. The number of fused-ring (bicyclic) bond motifs is 1. The summed E-state index contributed by atoms with van der Waals surface area (Å²) in [6, 6.07) is 12.3. The maximum Gasteiger partial charge on any atom is 0.194 e. The molecule has 1 unspecified atom stereocenters. The van der Waals surface area contributed by atoms with Crippen LogP contribution in [0.1, 0.15) is 11.3 Å². The van der Waals surface area contributed by atoms with Gasteiger partial charge in [0.05, 0.1) is 24.2 Å². The summed E-state index contributed by atoms with van der Waals surface area (Å²) in [5, 5.41) is 6.08. The van der Waals surface area contributed by atoms with Crippen molar-refractivity contribution in [2.45, 2.75) is 12.2 Å². The van der Waals surface area contributed by atoms with E-state index in [0.717, 1.165) is 12.1 Å². The maximum absolute atomic E-state index is 13.8. The molecule has 2 heterocycles. The number of rotatable bonds is 3. The molecule has 2 aromatic carbocycles. The van der Waals surface area contributed by atoms with Crippen LogP contribution in [0, 0.1) is 17.5 Å². The molecule has 3 aromatic rings. The summed E-state index contributed by atoms with van der Waals surface area (Å²) in [5.41, 5.74) is 6.04. The number of halogens is 3. The topological polar surface area (TPSA) is 75.6 Å². The number of amidine groups is 1. The molecule has 27 heavy (non-hydrogen) atoms. The van der Waals surface area contributed by atoms with Gasteiger partial charge in [-0.15, -0.1) is 0 Å². The van der Waals surface area contributed by atoms with Crippen molar-refractivity contribution in [1.29, 1.82) is 0 Å². The van der Waals surface area contributed by atoms with E-state index in [4.69, 9.17) is 10.2 Å². The third kappa shape index (κ3) is 3.04. The summed E-state index contributed by atoms with van der Waals surface area (Å²) in [7, 11) is 0. The predicted molar refractivity (Wildman–Crippen MR) is 94.9 cm³/mol. The van der Waals surface area contributed by atoms with Crippen LogP contribution < -0.4 is 16.4 Å². The summed E-state index contributed by atoms with van der Waals surface area (Å²) in [4.78, 5) is 4.49. The van der Waals surface area contributed by atoms with Gasteiger partial charge in [0.2, 0.25) is 0 Å². The molecule has 0 fully saturated rings. The molecule has 4 N–H and O–H groups in total. The van der Waals surface area contributed by atoms with Crippen LogP contribution in [0.2, 0.25) is 0 Å². The number of para-hydroxylation sites is 2. The fourth-order valence-corrected chi connectivity index (χ4v) is 2.91. The minimum atomic E-state index is -1.60. The zero-order valence-electron chi connectivity index (χ0n) is 14.0. The monoisotopic (exact) mass is 372 g/mol. The van der Waals surface area contributed by atoms with Crippen molar-refractivity contribution in [2.24, 2.45) is 10.7 Å². The lowest BCUT2D eigenvalue weighted by atomic mass is 9.95. The average molecular weight is 372 g/mol. The van der Waals surface area contributed by atoms with Gasteiger partial charge in [0.25, 0.3) is 0 Å². The van der Waals surface area contributed by atoms with Gasteiger partial charge in [-0.2, -0.15) is 0 Å². The molecule has 0 saturated heterocycles. The number of nitrogens with two attached hydrogens (primary N) is 1. The van der Waals surface area contributed by atoms with Crippen molar-refractivity contribution < 1.29 is 17.6 Å². The Morgan fingerprint density at radius 2 is 1.81 bits per heavy atom. The number of benzene rings is 2. The minimum Gasteiger partial charge on any atom is -0.467 e. The second-order valence-corrected chi connectivity index (χ2v) is 6.10. The Hall–Kier alpha value is -3.26. The van der Waals surface area contributed by atoms with Crippen LogP contribution in [0.3, 0.4) is 0 Å². The first-order chi connectivity index (χ1) is 13.0. The van der Waals surface area contributed by atoms with E-state index in [9.17, 15) is 13.2 Å². The van der Waals surface area contributed by atoms with Gasteiger partial charge in [0.1, 0.15) is 11.6 Å². The molecule has 1 aliphatic rings. The Labute approximate surface area is 152 Å². The fourth-order valence-electron chi connectivity index (χ4n) is 2.91.